The summed E-state index contributed by atoms with van der Waals surface area (Å²) in [5.74, 6) is 1.45. The molecule has 0 bridgehead atoms. The maximum absolute atomic E-state index is 6.15. The van der Waals surface area contributed by atoms with Crippen LogP contribution in [0, 0.1) is 0 Å². The zero-order valence-corrected chi connectivity index (χ0v) is 21.7. The van der Waals surface area contributed by atoms with E-state index in [-0.39, 0.29) is 57.5 Å². The van der Waals surface area contributed by atoms with Gasteiger partial charge >= 0.3 is 51.4 Å². The van der Waals surface area contributed by atoms with E-state index in [0.717, 1.165) is 17.0 Å². The van der Waals surface area contributed by atoms with Gasteiger partial charge in [0.15, 0.2) is 11.9 Å². The standard InChI is InChI=1S/C23H19ClN4OS.K/c24-18-10-11-20-19(12-18)25-13-21(29-20)22-26-27-23(30)28(22)14-15-6-8-17(9-7-15)16-4-2-1-3-5-16;/h1-12,21,25H,13-14H2,(H,27,30);/q;+1/p-1. The molecule has 0 fully saturated rings. The van der Waals surface area contributed by atoms with E-state index in [9.17, 15) is 0 Å². The minimum atomic E-state index is -0.286. The molecular formula is C23H18ClKN4OS. The van der Waals surface area contributed by atoms with E-state index in [1.807, 2.05) is 41.0 Å². The first-order valence-electron chi connectivity index (χ1n) is 9.62. The number of rotatable bonds is 4. The molecule has 0 amide bonds. The number of halogens is 1. The molecule has 1 aliphatic rings. The van der Waals surface area contributed by atoms with Crippen molar-refractivity contribution in [2.24, 2.45) is 0 Å². The summed E-state index contributed by atoms with van der Waals surface area (Å²) in [5, 5.41) is 12.9. The average molecular weight is 473 g/mol. The number of hydrogen-bond acceptors (Lipinski definition) is 5. The van der Waals surface area contributed by atoms with E-state index in [0.29, 0.717) is 29.1 Å². The molecule has 2 heterocycles. The number of aromatic nitrogens is 3. The zero-order valence-electron chi connectivity index (χ0n) is 17.0. The quantitative estimate of drug-likeness (QED) is 0.364. The van der Waals surface area contributed by atoms with Crippen molar-refractivity contribution >= 4 is 29.9 Å². The Labute approximate surface area is 234 Å². The fourth-order valence-electron chi connectivity index (χ4n) is 3.59. The number of nitrogens with one attached hydrogen (secondary N) is 1. The first-order chi connectivity index (χ1) is 14.7. The Kier molecular flexibility index (Phi) is 7.33. The van der Waals surface area contributed by atoms with Crippen molar-refractivity contribution in [3.8, 4) is 16.9 Å². The van der Waals surface area contributed by atoms with E-state index in [4.69, 9.17) is 29.0 Å². The van der Waals surface area contributed by atoms with Gasteiger partial charge in [0.05, 0.1) is 12.2 Å². The first-order valence-corrected chi connectivity index (χ1v) is 10.4. The smallest absolute Gasteiger partial charge is 0.740 e. The molecule has 0 spiro atoms. The molecule has 1 aliphatic heterocycles. The number of nitrogens with zero attached hydrogens (tertiary/aromatic N) is 3. The van der Waals surface area contributed by atoms with Crippen LogP contribution < -0.4 is 61.4 Å². The van der Waals surface area contributed by atoms with Gasteiger partial charge in [0.1, 0.15) is 5.75 Å². The van der Waals surface area contributed by atoms with Crippen LogP contribution in [0.3, 0.4) is 0 Å². The third-order valence-electron chi connectivity index (χ3n) is 5.12. The molecular weight excluding hydrogens is 455 g/mol. The van der Waals surface area contributed by atoms with Gasteiger partial charge in [-0.2, -0.15) is 5.10 Å². The number of anilines is 1. The third-order valence-corrected chi connectivity index (χ3v) is 5.66. The van der Waals surface area contributed by atoms with Crippen LogP contribution in [-0.2, 0) is 19.2 Å². The minimum absolute atomic E-state index is 0. The molecule has 1 aromatic heterocycles. The molecule has 0 saturated heterocycles. The van der Waals surface area contributed by atoms with Crippen LogP contribution in [0.25, 0.3) is 11.1 Å². The molecule has 0 radical (unpaired) electrons. The predicted octanol–water partition coefficient (Wildman–Crippen LogP) is 2.10. The van der Waals surface area contributed by atoms with Gasteiger partial charge in [0.25, 0.3) is 0 Å². The molecule has 31 heavy (non-hydrogen) atoms. The maximum Gasteiger partial charge on any atom is 1.00 e. The largest absolute Gasteiger partial charge is 1.00 e. The van der Waals surface area contributed by atoms with Gasteiger partial charge in [-0.25, -0.2) is 0 Å². The SMILES string of the molecule is [K+].[S-]c1nnc(C2CNc3cc(Cl)ccc3O2)n1Cc1ccc(-c2ccccc2)cc1. The van der Waals surface area contributed by atoms with Crippen LogP contribution in [0.4, 0.5) is 5.69 Å². The Bertz CT molecular complexity index is 1180. The molecule has 1 N–H and O–H groups in total. The summed E-state index contributed by atoms with van der Waals surface area (Å²) in [7, 11) is 0. The van der Waals surface area contributed by atoms with Crippen molar-refractivity contribution in [1.82, 2.24) is 14.8 Å². The molecule has 3 aromatic carbocycles. The predicted molar refractivity (Wildman–Crippen MR) is 120 cm³/mol. The second-order valence-electron chi connectivity index (χ2n) is 7.12. The normalized spacial score (nSPS) is 14.7. The van der Waals surface area contributed by atoms with Crippen molar-refractivity contribution < 1.29 is 56.1 Å². The van der Waals surface area contributed by atoms with Crippen LogP contribution in [0.1, 0.15) is 17.5 Å². The summed E-state index contributed by atoms with van der Waals surface area (Å²) < 4.78 is 8.08. The Balaban J connectivity index is 0.00000231. The van der Waals surface area contributed by atoms with E-state index in [2.05, 4.69) is 51.9 Å². The Morgan fingerprint density at radius 3 is 2.52 bits per heavy atom. The van der Waals surface area contributed by atoms with Crippen molar-refractivity contribution in [3.05, 3.63) is 89.2 Å². The molecule has 4 aromatic rings. The van der Waals surface area contributed by atoms with E-state index in [1.54, 1.807) is 0 Å². The maximum atomic E-state index is 6.15. The Morgan fingerprint density at radius 1 is 1.00 bits per heavy atom. The Hall–Kier alpha value is -1.45. The second-order valence-corrected chi connectivity index (χ2v) is 7.92. The van der Waals surface area contributed by atoms with E-state index >= 15 is 0 Å². The summed E-state index contributed by atoms with van der Waals surface area (Å²) >= 11 is 11.5. The fourth-order valence-corrected chi connectivity index (χ4v) is 3.96. The topological polar surface area (TPSA) is 52.0 Å². The second kappa shape index (κ2) is 10.00. The zero-order chi connectivity index (χ0) is 20.5. The van der Waals surface area contributed by atoms with Crippen molar-refractivity contribution in [2.75, 3.05) is 11.9 Å². The van der Waals surface area contributed by atoms with E-state index < -0.39 is 0 Å². The number of benzene rings is 3. The molecule has 150 valence electrons. The average Bonchev–Trinajstić information content (AvgIpc) is 3.14. The summed E-state index contributed by atoms with van der Waals surface area (Å²) in [6.07, 6.45) is -0.286. The molecule has 5 nitrogen and oxygen atoms in total. The van der Waals surface area contributed by atoms with Crippen molar-refractivity contribution in [1.29, 1.82) is 0 Å². The van der Waals surface area contributed by atoms with Gasteiger partial charge in [-0.1, -0.05) is 66.2 Å². The molecule has 1 atom stereocenters. The van der Waals surface area contributed by atoms with Gasteiger partial charge in [-0.05, 0) is 34.9 Å². The van der Waals surface area contributed by atoms with Crippen LogP contribution in [0.2, 0.25) is 5.02 Å². The summed E-state index contributed by atoms with van der Waals surface area (Å²) in [6, 6.07) is 24.3. The number of hydrogen-bond donors (Lipinski definition) is 1. The minimum Gasteiger partial charge on any atom is -0.740 e. The van der Waals surface area contributed by atoms with Gasteiger partial charge in [0, 0.05) is 16.7 Å². The molecule has 0 saturated carbocycles. The number of ether oxygens (including phenoxy) is 1. The molecule has 8 heteroatoms. The monoisotopic (exact) mass is 472 g/mol. The van der Waals surface area contributed by atoms with Gasteiger partial charge in [-0.15, -0.1) is 5.10 Å². The first kappa shape index (κ1) is 22.7. The van der Waals surface area contributed by atoms with Gasteiger partial charge in [-0.3, -0.25) is 0 Å². The van der Waals surface area contributed by atoms with Gasteiger partial charge in [0.2, 0.25) is 0 Å². The van der Waals surface area contributed by atoms with Crippen LogP contribution in [0.15, 0.2) is 78.0 Å². The van der Waals surface area contributed by atoms with E-state index in [1.165, 1.54) is 11.1 Å². The van der Waals surface area contributed by atoms with Crippen LogP contribution >= 0.6 is 11.6 Å². The van der Waals surface area contributed by atoms with Crippen LogP contribution in [0.5, 0.6) is 5.75 Å². The molecule has 1 unspecified atom stereocenters. The fraction of sp³-hybridized carbons (Fsp3) is 0.130. The summed E-state index contributed by atoms with van der Waals surface area (Å²) in [5.41, 5.74) is 4.37. The molecule has 0 aliphatic carbocycles. The summed E-state index contributed by atoms with van der Waals surface area (Å²) in [4.78, 5) is 0. The Morgan fingerprint density at radius 2 is 1.74 bits per heavy atom. The third kappa shape index (κ3) is 4.98. The summed E-state index contributed by atoms with van der Waals surface area (Å²) in [6.45, 7) is 1.15. The van der Waals surface area contributed by atoms with Gasteiger partial charge < -0.3 is 27.2 Å². The molecule has 5 rings (SSSR count). The van der Waals surface area contributed by atoms with Crippen molar-refractivity contribution in [3.63, 3.8) is 0 Å². The van der Waals surface area contributed by atoms with Crippen molar-refractivity contribution in [2.45, 2.75) is 17.8 Å². The number of fused-ring (bicyclic) bond motifs is 1. The van der Waals surface area contributed by atoms with Crippen LogP contribution in [-0.4, -0.2) is 21.3 Å².